The summed E-state index contributed by atoms with van der Waals surface area (Å²) in [5.74, 6) is -2.62. The summed E-state index contributed by atoms with van der Waals surface area (Å²) in [6.07, 6.45) is 4.20. The number of hydrogen-bond acceptors (Lipinski definition) is 8. The number of ketones is 1. The minimum Gasteiger partial charge on any atom is -0.458 e. The molecule has 3 rings (SSSR count). The Morgan fingerprint density at radius 3 is 2.35 bits per heavy atom. The highest BCUT2D eigenvalue weighted by Crippen LogP contribution is 2.27. The maximum atomic E-state index is 13.3. The van der Waals surface area contributed by atoms with Crippen molar-refractivity contribution >= 4 is 51.0 Å². The molecule has 1 fully saturated rings. The van der Waals surface area contributed by atoms with Crippen molar-refractivity contribution in [2.75, 3.05) is 11.9 Å². The number of aryl methyl sites for hydroxylation is 1. The van der Waals surface area contributed by atoms with E-state index in [4.69, 9.17) is 20.8 Å². The Labute approximate surface area is 238 Å². The van der Waals surface area contributed by atoms with E-state index in [1.165, 1.54) is 25.1 Å². The fourth-order valence-corrected chi connectivity index (χ4v) is 5.52. The monoisotopic (exact) mass is 595 g/mol. The number of hydrogen-bond donors (Lipinski definition) is 2. The molecule has 2 aromatic rings. The number of ether oxygens (including phenoxy) is 1. The van der Waals surface area contributed by atoms with Gasteiger partial charge in [0, 0.05) is 13.0 Å². The number of benzene rings is 1. The summed E-state index contributed by atoms with van der Waals surface area (Å²) in [7, 11) is -3.85. The van der Waals surface area contributed by atoms with Crippen molar-refractivity contribution in [3.05, 3.63) is 46.9 Å². The SMILES string of the molecule is CCCCCCCCNS(=O)(=O)c1ccc(NC(=O)C(C(=O)c2ccc(CC)o2)N2C(=O)OC(C)C2=O)c(Cl)c1. The van der Waals surface area contributed by atoms with Gasteiger partial charge in [-0.25, -0.2) is 22.8 Å². The summed E-state index contributed by atoms with van der Waals surface area (Å²) in [5.41, 5.74) is -0.0268. The second-order valence-corrected chi connectivity index (χ2v) is 11.6. The van der Waals surface area contributed by atoms with Crippen LogP contribution in [0.15, 0.2) is 39.6 Å². The highest BCUT2D eigenvalue weighted by molar-refractivity contribution is 7.89. The Bertz CT molecular complexity index is 1360. The highest BCUT2D eigenvalue weighted by atomic mass is 35.5. The van der Waals surface area contributed by atoms with Gasteiger partial charge in [-0.1, -0.05) is 57.6 Å². The number of halogens is 1. The second-order valence-electron chi connectivity index (χ2n) is 9.42. The highest BCUT2D eigenvalue weighted by Gasteiger charge is 2.49. The van der Waals surface area contributed by atoms with Crippen LogP contribution in [0.4, 0.5) is 10.5 Å². The van der Waals surface area contributed by atoms with Gasteiger partial charge < -0.3 is 14.5 Å². The third-order valence-corrected chi connectivity index (χ3v) is 8.17. The molecular formula is C27H34ClN3O8S. The van der Waals surface area contributed by atoms with Crippen LogP contribution in [-0.4, -0.2) is 55.7 Å². The van der Waals surface area contributed by atoms with Crippen LogP contribution < -0.4 is 10.0 Å². The van der Waals surface area contributed by atoms with Crippen LogP contribution >= 0.6 is 11.6 Å². The average molecular weight is 596 g/mol. The predicted molar refractivity (Wildman–Crippen MR) is 148 cm³/mol. The van der Waals surface area contributed by atoms with Gasteiger partial charge in [-0.05, 0) is 43.7 Å². The van der Waals surface area contributed by atoms with Crippen LogP contribution in [0.2, 0.25) is 5.02 Å². The number of cyclic esters (lactones) is 1. The zero-order valence-corrected chi connectivity index (χ0v) is 24.3. The molecule has 1 aliphatic heterocycles. The molecule has 218 valence electrons. The fraction of sp³-hybridized carbons (Fsp3) is 0.481. The molecule has 11 nitrogen and oxygen atoms in total. The topological polar surface area (TPSA) is 152 Å². The molecule has 13 heteroatoms. The lowest BCUT2D eigenvalue weighted by atomic mass is 10.1. The van der Waals surface area contributed by atoms with Crippen LogP contribution in [0.3, 0.4) is 0 Å². The van der Waals surface area contributed by atoms with Crippen molar-refractivity contribution in [2.45, 2.75) is 82.8 Å². The average Bonchev–Trinajstić information content (AvgIpc) is 3.49. The Hall–Kier alpha value is -3.22. The first-order valence-electron chi connectivity index (χ1n) is 13.3. The molecule has 40 heavy (non-hydrogen) atoms. The summed E-state index contributed by atoms with van der Waals surface area (Å²) in [6, 6.07) is 4.62. The van der Waals surface area contributed by atoms with Gasteiger partial charge in [0.1, 0.15) is 5.76 Å². The molecular weight excluding hydrogens is 562 g/mol. The first-order valence-corrected chi connectivity index (χ1v) is 15.1. The molecule has 1 saturated heterocycles. The standard InChI is InChI=1S/C27H34ClN3O8S/c1-4-6-7-8-9-10-15-29-40(36,37)19-12-13-21(20(28)16-19)30-25(33)23(31-26(34)17(3)38-27(31)35)24(32)22-14-11-18(5-2)39-22/h11-14,16-17,23,29H,4-10,15H2,1-3H3,(H,30,33). The normalized spacial score (nSPS) is 16.2. The smallest absolute Gasteiger partial charge is 0.418 e. The number of anilines is 1. The summed E-state index contributed by atoms with van der Waals surface area (Å²) < 4.78 is 38.3. The van der Waals surface area contributed by atoms with Crippen molar-refractivity contribution in [2.24, 2.45) is 0 Å². The number of imide groups is 1. The molecule has 0 spiro atoms. The quantitative estimate of drug-likeness (QED) is 0.171. The molecule has 0 bridgehead atoms. The van der Waals surface area contributed by atoms with Crippen molar-refractivity contribution < 1.29 is 36.7 Å². The van der Waals surface area contributed by atoms with Gasteiger partial charge in [0.05, 0.1) is 15.6 Å². The van der Waals surface area contributed by atoms with Gasteiger partial charge >= 0.3 is 6.09 Å². The molecule has 1 aromatic heterocycles. The third-order valence-electron chi connectivity index (χ3n) is 6.40. The first kappa shape index (κ1) is 31.3. The fourth-order valence-electron chi connectivity index (χ4n) is 4.13. The summed E-state index contributed by atoms with van der Waals surface area (Å²) in [5, 5.41) is 2.29. The van der Waals surface area contributed by atoms with Crippen LogP contribution in [0.1, 0.15) is 75.6 Å². The van der Waals surface area contributed by atoms with Crippen LogP contribution in [0, 0.1) is 0 Å². The van der Waals surface area contributed by atoms with Crippen molar-refractivity contribution in [1.82, 2.24) is 9.62 Å². The number of carbonyl (C=O) groups excluding carboxylic acids is 4. The molecule has 1 aliphatic rings. The lowest BCUT2D eigenvalue weighted by molar-refractivity contribution is -0.133. The van der Waals surface area contributed by atoms with Gasteiger partial charge in [-0.2, -0.15) is 0 Å². The van der Waals surface area contributed by atoms with Gasteiger partial charge in [-0.15, -0.1) is 0 Å². The molecule has 3 amide bonds. The van der Waals surface area contributed by atoms with E-state index in [0.29, 0.717) is 23.5 Å². The van der Waals surface area contributed by atoms with Gasteiger partial charge in [0.2, 0.25) is 15.8 Å². The van der Waals surface area contributed by atoms with Gasteiger partial charge in [0.15, 0.2) is 17.9 Å². The van der Waals surface area contributed by atoms with Crippen LogP contribution in [0.5, 0.6) is 0 Å². The molecule has 2 N–H and O–H groups in total. The van der Waals surface area contributed by atoms with Gasteiger partial charge in [-0.3, -0.25) is 14.4 Å². The lowest BCUT2D eigenvalue weighted by Gasteiger charge is -2.22. The lowest BCUT2D eigenvalue weighted by Crippen LogP contribution is -2.52. The number of nitrogens with one attached hydrogen (secondary N) is 2. The van der Waals surface area contributed by atoms with E-state index in [2.05, 4.69) is 17.0 Å². The molecule has 0 aliphatic carbocycles. The van der Waals surface area contributed by atoms with Crippen LogP contribution in [0.25, 0.3) is 0 Å². The van der Waals surface area contributed by atoms with E-state index < -0.39 is 45.9 Å². The zero-order valence-electron chi connectivity index (χ0n) is 22.7. The number of rotatable bonds is 15. The number of nitrogens with zero attached hydrogens (tertiary/aromatic N) is 1. The number of amides is 3. The Balaban J connectivity index is 1.76. The first-order chi connectivity index (χ1) is 19.0. The second kappa shape index (κ2) is 13.9. The summed E-state index contributed by atoms with van der Waals surface area (Å²) in [6.45, 7) is 5.52. The number of Topliss-reactive ketones (excluding diaryl/α,β-unsaturated/α-hetero) is 1. The van der Waals surface area contributed by atoms with E-state index in [1.54, 1.807) is 13.0 Å². The molecule has 1 aromatic carbocycles. The molecule has 0 radical (unpaired) electrons. The number of unbranched alkanes of at least 4 members (excludes halogenated alkanes) is 5. The maximum absolute atomic E-state index is 13.3. The zero-order chi connectivity index (χ0) is 29.4. The Morgan fingerprint density at radius 2 is 1.75 bits per heavy atom. The molecule has 0 saturated carbocycles. The summed E-state index contributed by atoms with van der Waals surface area (Å²) >= 11 is 6.29. The van der Waals surface area contributed by atoms with Crippen molar-refractivity contribution in [3.8, 4) is 0 Å². The predicted octanol–water partition coefficient (Wildman–Crippen LogP) is 4.69. The van der Waals surface area contributed by atoms with E-state index in [1.807, 2.05) is 0 Å². The van der Waals surface area contributed by atoms with E-state index >= 15 is 0 Å². The van der Waals surface area contributed by atoms with Gasteiger partial charge in [0.25, 0.3) is 11.8 Å². The number of sulfonamides is 1. The minimum absolute atomic E-state index is 0.0268. The largest absolute Gasteiger partial charge is 0.458 e. The van der Waals surface area contributed by atoms with Crippen molar-refractivity contribution in [3.63, 3.8) is 0 Å². The Morgan fingerprint density at radius 1 is 1.05 bits per heavy atom. The molecule has 2 heterocycles. The maximum Gasteiger partial charge on any atom is 0.418 e. The van der Waals surface area contributed by atoms with E-state index in [-0.39, 0.29) is 27.9 Å². The number of furan rings is 1. The third kappa shape index (κ3) is 7.49. The molecule has 2 unspecified atom stereocenters. The minimum atomic E-state index is -3.85. The van der Waals surface area contributed by atoms with E-state index in [9.17, 15) is 27.6 Å². The Kier molecular flexibility index (Phi) is 10.9. The summed E-state index contributed by atoms with van der Waals surface area (Å²) in [4.78, 5) is 52.0. The van der Waals surface area contributed by atoms with E-state index in [0.717, 1.165) is 38.2 Å². The molecule has 2 atom stereocenters. The number of carbonyl (C=O) groups is 4. The van der Waals surface area contributed by atoms with Crippen LogP contribution in [-0.2, 0) is 30.8 Å². The van der Waals surface area contributed by atoms with Crippen molar-refractivity contribution in [1.29, 1.82) is 0 Å².